The molecular weight excluding hydrogens is 236 g/mol. The van der Waals surface area contributed by atoms with Crippen molar-refractivity contribution in [3.63, 3.8) is 0 Å². The first kappa shape index (κ1) is 12.9. The summed E-state index contributed by atoms with van der Waals surface area (Å²) in [6, 6.07) is 2.93. The predicted molar refractivity (Wildman–Crippen MR) is 77.5 cm³/mol. The Hall–Kier alpha value is -1.16. The smallest absolute Gasteiger partial charge is 0.132 e. The quantitative estimate of drug-likeness (QED) is 0.899. The summed E-state index contributed by atoms with van der Waals surface area (Å²) < 4.78 is 0. The van der Waals surface area contributed by atoms with Crippen LogP contribution in [0.5, 0.6) is 0 Å². The fraction of sp³-hybridized carbons (Fsp3) is 0.733. The Morgan fingerprint density at radius 1 is 1.26 bits per heavy atom. The van der Waals surface area contributed by atoms with Gasteiger partial charge in [-0.1, -0.05) is 0 Å². The molecule has 1 atom stereocenters. The van der Waals surface area contributed by atoms with E-state index in [1.165, 1.54) is 32.2 Å². The van der Waals surface area contributed by atoms with Crippen LogP contribution >= 0.6 is 0 Å². The van der Waals surface area contributed by atoms with Gasteiger partial charge in [-0.3, -0.25) is 0 Å². The highest BCUT2D eigenvalue weighted by atomic mass is 15.2. The summed E-state index contributed by atoms with van der Waals surface area (Å²) in [6.45, 7) is 7.47. The van der Waals surface area contributed by atoms with Crippen molar-refractivity contribution in [1.82, 2.24) is 15.3 Å². The molecule has 1 saturated carbocycles. The maximum Gasteiger partial charge on any atom is 0.132 e. The van der Waals surface area contributed by atoms with Gasteiger partial charge in [0, 0.05) is 30.9 Å². The normalized spacial score (nSPS) is 23.7. The van der Waals surface area contributed by atoms with Crippen LogP contribution < -0.4 is 10.2 Å². The van der Waals surface area contributed by atoms with E-state index in [1.807, 2.05) is 13.8 Å². The molecule has 0 amide bonds. The average Bonchev–Trinajstić information content (AvgIpc) is 3.20. The van der Waals surface area contributed by atoms with Gasteiger partial charge in [-0.25, -0.2) is 9.97 Å². The zero-order valence-corrected chi connectivity index (χ0v) is 12.0. The molecule has 2 heterocycles. The Bertz CT molecular complexity index is 422. The van der Waals surface area contributed by atoms with E-state index in [-0.39, 0.29) is 0 Å². The molecule has 19 heavy (non-hydrogen) atoms. The fourth-order valence-electron chi connectivity index (χ4n) is 2.92. The molecule has 1 aliphatic carbocycles. The molecule has 2 fully saturated rings. The molecule has 0 aromatic carbocycles. The van der Waals surface area contributed by atoms with Crippen molar-refractivity contribution in [3.8, 4) is 0 Å². The lowest BCUT2D eigenvalue weighted by molar-refractivity contribution is 0.389. The maximum absolute atomic E-state index is 4.59. The molecule has 1 unspecified atom stereocenters. The molecule has 104 valence electrons. The maximum atomic E-state index is 4.59. The summed E-state index contributed by atoms with van der Waals surface area (Å²) in [4.78, 5) is 11.4. The minimum absolute atomic E-state index is 0.768. The summed E-state index contributed by atoms with van der Waals surface area (Å²) in [6.07, 6.45) is 5.37. The van der Waals surface area contributed by atoms with Gasteiger partial charge in [-0.15, -0.1) is 0 Å². The molecule has 1 saturated heterocycles. The van der Waals surface area contributed by atoms with E-state index in [9.17, 15) is 0 Å². The van der Waals surface area contributed by atoms with E-state index in [2.05, 4.69) is 26.3 Å². The number of aromatic nitrogens is 2. The number of nitrogens with zero attached hydrogens (tertiary/aromatic N) is 3. The van der Waals surface area contributed by atoms with Crippen LogP contribution in [0.4, 0.5) is 5.82 Å². The summed E-state index contributed by atoms with van der Waals surface area (Å²) in [5, 5.41) is 3.66. The molecule has 4 nitrogen and oxygen atoms in total. The highest BCUT2D eigenvalue weighted by molar-refractivity contribution is 5.40. The van der Waals surface area contributed by atoms with Crippen LogP contribution in [0.15, 0.2) is 6.07 Å². The monoisotopic (exact) mass is 260 g/mol. The molecule has 1 aromatic heterocycles. The second-order valence-electron chi connectivity index (χ2n) is 6.05. The largest absolute Gasteiger partial charge is 0.356 e. The van der Waals surface area contributed by atoms with E-state index >= 15 is 0 Å². The van der Waals surface area contributed by atoms with Crippen LogP contribution in [-0.2, 0) is 0 Å². The Morgan fingerprint density at radius 3 is 2.84 bits per heavy atom. The first-order chi connectivity index (χ1) is 9.20. The molecule has 2 aliphatic rings. The molecular formula is C15H24N4. The highest BCUT2D eigenvalue weighted by Crippen LogP contribution is 2.24. The van der Waals surface area contributed by atoms with Crippen LogP contribution in [0.1, 0.15) is 37.2 Å². The number of aryl methyl sites for hydroxylation is 2. The molecule has 3 rings (SSSR count). The lowest BCUT2D eigenvalue weighted by Crippen LogP contribution is -2.40. The fourth-order valence-corrected chi connectivity index (χ4v) is 2.92. The molecule has 0 bridgehead atoms. The molecule has 1 aromatic rings. The van der Waals surface area contributed by atoms with Gasteiger partial charge in [0.05, 0.1) is 0 Å². The van der Waals surface area contributed by atoms with Gasteiger partial charge in [0.2, 0.25) is 0 Å². The summed E-state index contributed by atoms with van der Waals surface area (Å²) in [5.41, 5.74) is 1.07. The number of rotatable bonds is 4. The Morgan fingerprint density at radius 2 is 2.11 bits per heavy atom. The second kappa shape index (κ2) is 5.45. The SMILES string of the molecule is Cc1cc(N2CCCC(CNC3CC3)C2)nc(C)n1. The number of hydrogen-bond donors (Lipinski definition) is 1. The van der Waals surface area contributed by atoms with Crippen molar-refractivity contribution in [2.24, 2.45) is 5.92 Å². The van der Waals surface area contributed by atoms with Gasteiger partial charge in [0.1, 0.15) is 11.6 Å². The highest BCUT2D eigenvalue weighted by Gasteiger charge is 2.25. The van der Waals surface area contributed by atoms with Crippen LogP contribution in [0.2, 0.25) is 0 Å². The minimum Gasteiger partial charge on any atom is -0.356 e. The number of piperidine rings is 1. The van der Waals surface area contributed by atoms with Crippen LogP contribution in [0.25, 0.3) is 0 Å². The van der Waals surface area contributed by atoms with Crippen molar-refractivity contribution in [1.29, 1.82) is 0 Å². The van der Waals surface area contributed by atoms with Gasteiger partial charge in [0.15, 0.2) is 0 Å². The zero-order valence-electron chi connectivity index (χ0n) is 12.0. The van der Waals surface area contributed by atoms with Crippen LogP contribution in [-0.4, -0.2) is 35.6 Å². The van der Waals surface area contributed by atoms with Crippen molar-refractivity contribution >= 4 is 5.82 Å². The lowest BCUT2D eigenvalue weighted by atomic mass is 9.98. The van der Waals surface area contributed by atoms with E-state index < -0.39 is 0 Å². The molecule has 1 N–H and O–H groups in total. The second-order valence-corrected chi connectivity index (χ2v) is 6.05. The van der Waals surface area contributed by atoms with Gasteiger partial charge in [0.25, 0.3) is 0 Å². The zero-order chi connectivity index (χ0) is 13.2. The average molecular weight is 260 g/mol. The summed E-state index contributed by atoms with van der Waals surface area (Å²) in [7, 11) is 0. The lowest BCUT2D eigenvalue weighted by Gasteiger charge is -2.34. The number of nitrogens with one attached hydrogen (secondary N) is 1. The Labute approximate surface area is 115 Å². The van der Waals surface area contributed by atoms with Crippen LogP contribution in [0, 0.1) is 19.8 Å². The molecule has 0 radical (unpaired) electrons. The standard InChI is InChI=1S/C15H24N4/c1-11-8-15(18-12(2)17-11)19-7-3-4-13(10-19)9-16-14-5-6-14/h8,13-14,16H,3-7,9-10H2,1-2H3. The van der Waals surface area contributed by atoms with Gasteiger partial charge in [-0.2, -0.15) is 0 Å². The predicted octanol–water partition coefficient (Wildman–Crippen LogP) is 2.06. The summed E-state index contributed by atoms with van der Waals surface area (Å²) >= 11 is 0. The number of hydrogen-bond acceptors (Lipinski definition) is 4. The molecule has 0 spiro atoms. The van der Waals surface area contributed by atoms with E-state index in [0.717, 1.165) is 42.4 Å². The first-order valence-corrected chi connectivity index (χ1v) is 7.51. The molecule has 1 aliphatic heterocycles. The summed E-state index contributed by atoms with van der Waals surface area (Å²) in [5.74, 6) is 2.76. The Balaban J connectivity index is 1.62. The van der Waals surface area contributed by atoms with E-state index in [1.54, 1.807) is 0 Å². The van der Waals surface area contributed by atoms with Gasteiger partial charge < -0.3 is 10.2 Å². The topological polar surface area (TPSA) is 41.0 Å². The minimum atomic E-state index is 0.768. The Kier molecular flexibility index (Phi) is 3.69. The van der Waals surface area contributed by atoms with Crippen molar-refractivity contribution < 1.29 is 0 Å². The van der Waals surface area contributed by atoms with Crippen molar-refractivity contribution in [3.05, 3.63) is 17.6 Å². The van der Waals surface area contributed by atoms with E-state index in [0.29, 0.717) is 0 Å². The van der Waals surface area contributed by atoms with Gasteiger partial charge >= 0.3 is 0 Å². The third-order valence-electron chi connectivity index (χ3n) is 4.07. The van der Waals surface area contributed by atoms with E-state index in [4.69, 9.17) is 0 Å². The van der Waals surface area contributed by atoms with Crippen LogP contribution in [0.3, 0.4) is 0 Å². The van der Waals surface area contributed by atoms with Crippen molar-refractivity contribution in [2.45, 2.75) is 45.6 Å². The third kappa shape index (κ3) is 3.44. The molecule has 4 heteroatoms. The van der Waals surface area contributed by atoms with Crippen molar-refractivity contribution in [2.75, 3.05) is 24.5 Å². The first-order valence-electron chi connectivity index (χ1n) is 7.51. The van der Waals surface area contributed by atoms with Gasteiger partial charge in [-0.05, 0) is 52.0 Å². The third-order valence-corrected chi connectivity index (χ3v) is 4.07. The number of anilines is 1.